The molecule has 0 bridgehead atoms. The third-order valence-corrected chi connectivity index (χ3v) is 5.76. The van der Waals surface area contributed by atoms with Crippen LogP contribution in [-0.4, -0.2) is 28.0 Å². The quantitative estimate of drug-likeness (QED) is 0.338. The summed E-state index contributed by atoms with van der Waals surface area (Å²) < 4.78 is 53.6. The second kappa shape index (κ2) is 9.00. The first kappa shape index (κ1) is 25.1. The summed E-state index contributed by atoms with van der Waals surface area (Å²) in [5, 5.41) is 6.02. The van der Waals surface area contributed by atoms with Gasteiger partial charge >= 0.3 is 5.92 Å². The predicted molar refractivity (Wildman–Crippen MR) is 116 cm³/mol. The molecular formula is C20H14Cl3F4N3O3. The fourth-order valence-corrected chi connectivity index (χ4v) is 3.39. The molecule has 1 aliphatic carbocycles. The van der Waals surface area contributed by atoms with Gasteiger partial charge in [-0.3, -0.25) is 14.4 Å². The molecule has 1 atom stereocenters. The Morgan fingerprint density at radius 3 is 2.27 bits per heavy atom. The summed E-state index contributed by atoms with van der Waals surface area (Å²) in [6.45, 7) is 0.251. The van der Waals surface area contributed by atoms with Crippen molar-refractivity contribution >= 4 is 69.6 Å². The van der Waals surface area contributed by atoms with Crippen molar-refractivity contribution in [2.24, 2.45) is 5.92 Å². The molecule has 13 heteroatoms. The Labute approximate surface area is 199 Å². The van der Waals surface area contributed by atoms with Crippen molar-refractivity contribution in [1.82, 2.24) is 0 Å². The number of alkyl halides is 4. The Hall–Kier alpha value is -2.56. The highest BCUT2D eigenvalue weighted by molar-refractivity contribution is 6.52. The minimum Gasteiger partial charge on any atom is -0.326 e. The van der Waals surface area contributed by atoms with Crippen LogP contribution in [0, 0.1) is 17.6 Å². The fraction of sp³-hybridized carbons (Fsp3) is 0.250. The maximum atomic E-state index is 14.6. The van der Waals surface area contributed by atoms with E-state index in [4.69, 9.17) is 34.8 Å². The first-order valence-electron chi connectivity index (χ1n) is 9.17. The first-order valence-corrected chi connectivity index (χ1v) is 10.3. The van der Waals surface area contributed by atoms with Gasteiger partial charge in [0.25, 0.3) is 11.8 Å². The van der Waals surface area contributed by atoms with Gasteiger partial charge in [-0.2, -0.15) is 8.78 Å². The van der Waals surface area contributed by atoms with Crippen molar-refractivity contribution < 1.29 is 31.9 Å². The van der Waals surface area contributed by atoms with Crippen LogP contribution in [-0.2, 0) is 9.59 Å². The van der Waals surface area contributed by atoms with Gasteiger partial charge in [-0.05, 0) is 36.8 Å². The summed E-state index contributed by atoms with van der Waals surface area (Å²) in [4.78, 5) is 36.2. The van der Waals surface area contributed by atoms with E-state index in [9.17, 15) is 31.9 Å². The lowest BCUT2D eigenvalue weighted by molar-refractivity contribution is -0.137. The molecule has 3 rings (SSSR count). The lowest BCUT2D eigenvalue weighted by Crippen LogP contribution is -2.32. The van der Waals surface area contributed by atoms with Crippen LogP contribution in [0.3, 0.4) is 0 Å². The zero-order valence-corrected chi connectivity index (χ0v) is 18.8. The SMILES string of the molecule is CC(F)(F)C(=O)Nc1c(F)ccc(NC(=O)c2cc(NC(=O)[C@H]3CC3(Cl)Cl)ccc2Cl)c1F. The number of carbonyl (C=O) groups is 3. The smallest absolute Gasteiger partial charge is 0.322 e. The summed E-state index contributed by atoms with van der Waals surface area (Å²) in [6.07, 6.45) is 0.259. The predicted octanol–water partition coefficient (Wildman–Crippen LogP) is 5.60. The number of nitrogens with one attached hydrogen (secondary N) is 3. The van der Waals surface area contributed by atoms with Gasteiger partial charge in [-0.1, -0.05) is 11.6 Å². The third-order valence-electron chi connectivity index (χ3n) is 4.60. The van der Waals surface area contributed by atoms with E-state index in [0.717, 1.165) is 6.07 Å². The van der Waals surface area contributed by atoms with E-state index >= 15 is 0 Å². The van der Waals surface area contributed by atoms with Crippen molar-refractivity contribution in [3.8, 4) is 0 Å². The number of amides is 3. The Morgan fingerprint density at radius 1 is 1.06 bits per heavy atom. The van der Waals surface area contributed by atoms with Crippen molar-refractivity contribution in [2.75, 3.05) is 16.0 Å². The molecule has 0 spiro atoms. The van der Waals surface area contributed by atoms with Gasteiger partial charge in [-0.25, -0.2) is 8.78 Å². The molecule has 0 unspecified atom stereocenters. The molecule has 1 saturated carbocycles. The van der Waals surface area contributed by atoms with Gasteiger partial charge in [0.2, 0.25) is 5.91 Å². The van der Waals surface area contributed by atoms with Gasteiger partial charge in [0.05, 0.1) is 22.2 Å². The molecule has 1 fully saturated rings. The average molecular weight is 527 g/mol. The van der Waals surface area contributed by atoms with E-state index in [1.165, 1.54) is 23.5 Å². The second-order valence-corrected chi connectivity index (χ2v) is 9.23. The third kappa shape index (κ3) is 5.69. The molecule has 0 saturated heterocycles. The van der Waals surface area contributed by atoms with E-state index < -0.39 is 56.9 Å². The number of benzene rings is 2. The molecule has 3 N–H and O–H groups in total. The van der Waals surface area contributed by atoms with Gasteiger partial charge in [0, 0.05) is 12.6 Å². The van der Waals surface area contributed by atoms with E-state index in [1.54, 1.807) is 0 Å². The van der Waals surface area contributed by atoms with Crippen LogP contribution < -0.4 is 16.0 Å². The Bertz CT molecular complexity index is 1160. The molecule has 1 aliphatic rings. The molecule has 176 valence electrons. The maximum absolute atomic E-state index is 14.6. The fourth-order valence-electron chi connectivity index (χ4n) is 2.68. The first-order chi connectivity index (χ1) is 15.2. The maximum Gasteiger partial charge on any atom is 0.322 e. The molecule has 33 heavy (non-hydrogen) atoms. The molecule has 0 aliphatic heterocycles. The Morgan fingerprint density at radius 2 is 1.70 bits per heavy atom. The Balaban J connectivity index is 1.80. The zero-order chi connectivity index (χ0) is 24.7. The van der Waals surface area contributed by atoms with Crippen LogP contribution in [0.15, 0.2) is 30.3 Å². The van der Waals surface area contributed by atoms with Crippen LogP contribution in [0.1, 0.15) is 23.7 Å². The topological polar surface area (TPSA) is 87.3 Å². The van der Waals surface area contributed by atoms with Crippen LogP contribution in [0.2, 0.25) is 5.02 Å². The number of anilines is 3. The molecule has 0 radical (unpaired) electrons. The number of hydrogen-bond acceptors (Lipinski definition) is 3. The molecular weight excluding hydrogens is 513 g/mol. The summed E-state index contributed by atoms with van der Waals surface area (Å²) in [5.41, 5.74) is -1.80. The highest BCUT2D eigenvalue weighted by atomic mass is 35.5. The summed E-state index contributed by atoms with van der Waals surface area (Å²) in [6, 6.07) is 5.39. The van der Waals surface area contributed by atoms with Gasteiger partial charge < -0.3 is 16.0 Å². The van der Waals surface area contributed by atoms with E-state index in [1.807, 2.05) is 0 Å². The minimum absolute atomic E-state index is 0.0670. The van der Waals surface area contributed by atoms with Crippen molar-refractivity contribution in [2.45, 2.75) is 23.6 Å². The highest BCUT2D eigenvalue weighted by Crippen LogP contribution is 2.53. The molecule has 3 amide bonds. The molecule has 0 heterocycles. The Kier molecular flexibility index (Phi) is 6.84. The zero-order valence-electron chi connectivity index (χ0n) is 16.5. The monoisotopic (exact) mass is 525 g/mol. The van der Waals surface area contributed by atoms with Gasteiger partial charge in [0.1, 0.15) is 15.8 Å². The van der Waals surface area contributed by atoms with E-state index in [2.05, 4.69) is 10.6 Å². The van der Waals surface area contributed by atoms with Crippen LogP contribution in [0.5, 0.6) is 0 Å². The summed E-state index contributed by atoms with van der Waals surface area (Å²) in [5.74, 6) is -10.7. The number of rotatable bonds is 6. The van der Waals surface area contributed by atoms with Gasteiger partial charge in [-0.15, -0.1) is 23.2 Å². The number of halogens is 7. The normalized spacial score (nSPS) is 16.7. The lowest BCUT2D eigenvalue weighted by atomic mass is 10.1. The molecule has 2 aromatic carbocycles. The lowest BCUT2D eigenvalue weighted by Gasteiger charge is -2.15. The molecule has 2 aromatic rings. The van der Waals surface area contributed by atoms with Crippen LogP contribution >= 0.6 is 34.8 Å². The second-order valence-electron chi connectivity index (χ2n) is 7.28. The number of hydrogen-bond donors (Lipinski definition) is 3. The number of carbonyl (C=O) groups excluding carboxylic acids is 3. The van der Waals surface area contributed by atoms with Crippen molar-refractivity contribution in [1.29, 1.82) is 0 Å². The van der Waals surface area contributed by atoms with E-state index in [-0.39, 0.29) is 29.6 Å². The van der Waals surface area contributed by atoms with Crippen molar-refractivity contribution in [3.63, 3.8) is 0 Å². The molecule has 6 nitrogen and oxygen atoms in total. The van der Waals surface area contributed by atoms with Crippen LogP contribution in [0.25, 0.3) is 0 Å². The largest absolute Gasteiger partial charge is 0.326 e. The van der Waals surface area contributed by atoms with Crippen molar-refractivity contribution in [3.05, 3.63) is 52.6 Å². The highest BCUT2D eigenvalue weighted by Gasteiger charge is 2.56. The van der Waals surface area contributed by atoms with Crippen LogP contribution in [0.4, 0.5) is 34.6 Å². The summed E-state index contributed by atoms with van der Waals surface area (Å²) in [7, 11) is 0. The summed E-state index contributed by atoms with van der Waals surface area (Å²) >= 11 is 17.7. The minimum atomic E-state index is -3.90. The average Bonchev–Trinajstić information content (AvgIpc) is 3.36. The standard InChI is InChI=1S/C20H14Cl3F4N3O3/c1-19(26,27)18(33)30-15-12(24)4-5-13(14(15)25)29-16(31)9-6-8(2-3-11(9)21)28-17(32)10-7-20(10,22)23/h2-6,10H,7H2,1H3,(H,28,32)(H,29,31)(H,30,33)/t10-/m1/s1. The van der Waals surface area contributed by atoms with E-state index in [0.29, 0.717) is 6.07 Å². The van der Waals surface area contributed by atoms with Gasteiger partial charge in [0.15, 0.2) is 5.82 Å². The molecule has 0 aromatic heterocycles.